The van der Waals surface area contributed by atoms with Gasteiger partial charge in [-0.1, -0.05) is 41.6 Å². The van der Waals surface area contributed by atoms with E-state index in [-0.39, 0.29) is 0 Å². The maximum absolute atomic E-state index is 6.46. The van der Waals surface area contributed by atoms with Crippen molar-refractivity contribution in [2.45, 2.75) is 24.8 Å². The van der Waals surface area contributed by atoms with E-state index in [0.29, 0.717) is 21.7 Å². The summed E-state index contributed by atoms with van der Waals surface area (Å²) in [5.74, 6) is 1.08. The summed E-state index contributed by atoms with van der Waals surface area (Å²) >= 11 is 7.94. The molecular weight excluding hydrogens is 316 g/mol. The van der Waals surface area contributed by atoms with Crippen molar-refractivity contribution in [1.29, 1.82) is 0 Å². The third kappa shape index (κ3) is 3.00. The fourth-order valence-corrected chi connectivity index (χ4v) is 3.42. The lowest BCUT2D eigenvalue weighted by atomic mass is 10.1. The van der Waals surface area contributed by atoms with Gasteiger partial charge in [0, 0.05) is 22.9 Å². The number of aromatic nitrogens is 3. The number of nitrogens with two attached hydrogens (primary N) is 1. The highest BCUT2D eigenvalue weighted by Crippen LogP contribution is 2.30. The Balaban J connectivity index is 1.92. The minimum atomic E-state index is 0.476. The predicted octanol–water partition coefficient (Wildman–Crippen LogP) is 4.17. The summed E-state index contributed by atoms with van der Waals surface area (Å²) in [6.45, 7) is 3.91. The van der Waals surface area contributed by atoms with Gasteiger partial charge in [0.2, 0.25) is 0 Å². The average molecular weight is 331 g/mol. The van der Waals surface area contributed by atoms with Crippen molar-refractivity contribution in [2.75, 3.05) is 5.73 Å². The Bertz CT molecular complexity index is 831. The Kier molecular flexibility index (Phi) is 4.18. The third-order valence-electron chi connectivity index (χ3n) is 3.34. The SMILES string of the molecule is Cc1cc(N)nc(SCc2nc3ccccc3c(C)c2Cl)n1. The van der Waals surface area contributed by atoms with Crippen molar-refractivity contribution in [1.82, 2.24) is 15.0 Å². The molecule has 0 bridgehead atoms. The van der Waals surface area contributed by atoms with Gasteiger partial charge in [0.25, 0.3) is 0 Å². The average Bonchev–Trinajstić information content (AvgIpc) is 2.48. The quantitative estimate of drug-likeness (QED) is 0.576. The van der Waals surface area contributed by atoms with E-state index < -0.39 is 0 Å². The van der Waals surface area contributed by atoms with E-state index in [2.05, 4.69) is 15.0 Å². The summed E-state index contributed by atoms with van der Waals surface area (Å²) in [5.41, 5.74) is 9.44. The first-order valence-corrected chi connectivity index (χ1v) is 8.18. The first-order chi connectivity index (χ1) is 10.5. The number of fused-ring (bicyclic) bond motifs is 1. The van der Waals surface area contributed by atoms with Gasteiger partial charge in [-0.3, -0.25) is 4.98 Å². The Morgan fingerprint density at radius 2 is 1.91 bits per heavy atom. The van der Waals surface area contributed by atoms with Crippen LogP contribution < -0.4 is 5.73 Å². The van der Waals surface area contributed by atoms with Crippen LogP contribution in [0.3, 0.4) is 0 Å². The number of pyridine rings is 1. The molecule has 3 rings (SSSR count). The van der Waals surface area contributed by atoms with Gasteiger partial charge in [-0.2, -0.15) is 0 Å². The highest BCUT2D eigenvalue weighted by molar-refractivity contribution is 7.98. The lowest BCUT2D eigenvalue weighted by molar-refractivity contribution is 0.939. The molecule has 0 fully saturated rings. The van der Waals surface area contributed by atoms with Crippen LogP contribution in [-0.2, 0) is 5.75 Å². The van der Waals surface area contributed by atoms with Crippen LogP contribution in [0.1, 0.15) is 17.0 Å². The van der Waals surface area contributed by atoms with Gasteiger partial charge >= 0.3 is 0 Å². The topological polar surface area (TPSA) is 64.7 Å². The molecule has 0 saturated heterocycles. The lowest BCUT2D eigenvalue weighted by Crippen LogP contribution is -1.98. The Labute approximate surface area is 138 Å². The largest absolute Gasteiger partial charge is 0.384 e. The number of nitrogen functional groups attached to an aromatic ring is 1. The fourth-order valence-electron chi connectivity index (χ4n) is 2.28. The highest BCUT2D eigenvalue weighted by Gasteiger charge is 2.11. The molecule has 0 aliphatic heterocycles. The standard InChI is InChI=1S/C16H15ClN4S/c1-9-7-14(18)21-16(19-9)22-8-13-15(17)10(2)11-5-3-4-6-12(11)20-13/h3-7H,8H2,1-2H3,(H2,18,19,21). The number of benzene rings is 1. The molecule has 0 aliphatic rings. The van der Waals surface area contributed by atoms with E-state index in [1.807, 2.05) is 38.1 Å². The zero-order chi connectivity index (χ0) is 15.7. The summed E-state index contributed by atoms with van der Waals surface area (Å²) in [5, 5.41) is 2.42. The smallest absolute Gasteiger partial charge is 0.190 e. The number of thioether (sulfide) groups is 1. The molecule has 2 aromatic heterocycles. The molecule has 0 spiro atoms. The molecule has 3 aromatic rings. The van der Waals surface area contributed by atoms with Crippen molar-refractivity contribution in [2.24, 2.45) is 0 Å². The first kappa shape index (κ1) is 15.1. The number of halogens is 1. The summed E-state index contributed by atoms with van der Waals surface area (Å²) < 4.78 is 0. The van der Waals surface area contributed by atoms with Crippen molar-refractivity contribution >= 4 is 40.1 Å². The molecule has 22 heavy (non-hydrogen) atoms. The summed E-state index contributed by atoms with van der Waals surface area (Å²) in [7, 11) is 0. The molecule has 112 valence electrons. The second kappa shape index (κ2) is 6.10. The fraction of sp³-hybridized carbons (Fsp3) is 0.188. The number of anilines is 1. The van der Waals surface area contributed by atoms with Crippen LogP contribution >= 0.6 is 23.4 Å². The summed E-state index contributed by atoms with van der Waals surface area (Å²) in [4.78, 5) is 13.2. The van der Waals surface area contributed by atoms with Gasteiger partial charge in [-0.15, -0.1) is 0 Å². The summed E-state index contributed by atoms with van der Waals surface area (Å²) in [6, 6.07) is 9.74. The monoisotopic (exact) mass is 330 g/mol. The van der Waals surface area contributed by atoms with Crippen LogP contribution in [0.5, 0.6) is 0 Å². The van der Waals surface area contributed by atoms with E-state index in [0.717, 1.165) is 27.9 Å². The normalized spacial score (nSPS) is 11.0. The van der Waals surface area contributed by atoms with Gasteiger partial charge in [0.15, 0.2) is 5.16 Å². The molecule has 0 amide bonds. The second-order valence-electron chi connectivity index (χ2n) is 5.02. The predicted molar refractivity (Wildman–Crippen MR) is 92.2 cm³/mol. The van der Waals surface area contributed by atoms with Gasteiger partial charge in [-0.05, 0) is 25.5 Å². The minimum Gasteiger partial charge on any atom is -0.384 e. The van der Waals surface area contributed by atoms with Gasteiger partial charge in [0.05, 0.1) is 16.2 Å². The van der Waals surface area contributed by atoms with Crippen LogP contribution in [0, 0.1) is 13.8 Å². The van der Waals surface area contributed by atoms with E-state index in [1.54, 1.807) is 6.07 Å². The number of rotatable bonds is 3. The summed E-state index contributed by atoms with van der Waals surface area (Å²) in [6.07, 6.45) is 0. The molecule has 2 N–H and O–H groups in total. The molecular formula is C16H15ClN4S. The van der Waals surface area contributed by atoms with E-state index in [9.17, 15) is 0 Å². The number of hydrogen-bond acceptors (Lipinski definition) is 5. The van der Waals surface area contributed by atoms with Crippen molar-refractivity contribution in [3.63, 3.8) is 0 Å². The maximum atomic E-state index is 6.46. The minimum absolute atomic E-state index is 0.476. The van der Waals surface area contributed by atoms with Crippen LogP contribution in [0.4, 0.5) is 5.82 Å². The lowest BCUT2D eigenvalue weighted by Gasteiger charge is -2.09. The number of aryl methyl sites for hydroxylation is 2. The number of hydrogen-bond donors (Lipinski definition) is 1. The third-order valence-corrected chi connectivity index (χ3v) is 4.70. The zero-order valence-electron chi connectivity index (χ0n) is 12.3. The van der Waals surface area contributed by atoms with Crippen molar-refractivity contribution in [3.8, 4) is 0 Å². The zero-order valence-corrected chi connectivity index (χ0v) is 13.9. The molecule has 0 saturated carbocycles. The van der Waals surface area contributed by atoms with Gasteiger partial charge < -0.3 is 5.73 Å². The van der Waals surface area contributed by atoms with Gasteiger partial charge in [-0.25, -0.2) is 9.97 Å². The maximum Gasteiger partial charge on any atom is 0.190 e. The van der Waals surface area contributed by atoms with E-state index in [4.69, 9.17) is 17.3 Å². The Morgan fingerprint density at radius 1 is 1.14 bits per heavy atom. The van der Waals surface area contributed by atoms with Crippen LogP contribution in [-0.4, -0.2) is 15.0 Å². The molecule has 0 aliphatic carbocycles. The Hall–Kier alpha value is -1.85. The highest BCUT2D eigenvalue weighted by atomic mass is 35.5. The molecule has 6 heteroatoms. The number of nitrogens with zero attached hydrogens (tertiary/aromatic N) is 3. The molecule has 4 nitrogen and oxygen atoms in total. The molecule has 0 atom stereocenters. The Morgan fingerprint density at radius 3 is 2.68 bits per heavy atom. The molecule has 1 aromatic carbocycles. The van der Waals surface area contributed by atoms with Gasteiger partial charge in [0.1, 0.15) is 5.82 Å². The molecule has 2 heterocycles. The van der Waals surface area contributed by atoms with E-state index >= 15 is 0 Å². The van der Waals surface area contributed by atoms with Crippen molar-refractivity contribution in [3.05, 3.63) is 52.3 Å². The molecule has 0 radical (unpaired) electrons. The second-order valence-corrected chi connectivity index (χ2v) is 6.34. The van der Waals surface area contributed by atoms with E-state index in [1.165, 1.54) is 11.8 Å². The van der Waals surface area contributed by atoms with Crippen LogP contribution in [0.25, 0.3) is 10.9 Å². The van der Waals surface area contributed by atoms with Crippen molar-refractivity contribution < 1.29 is 0 Å². The number of para-hydroxylation sites is 1. The van der Waals surface area contributed by atoms with Crippen LogP contribution in [0.2, 0.25) is 5.02 Å². The van der Waals surface area contributed by atoms with Crippen LogP contribution in [0.15, 0.2) is 35.5 Å². The molecule has 0 unspecified atom stereocenters. The first-order valence-electron chi connectivity index (χ1n) is 6.82.